The maximum absolute atomic E-state index is 12.1. The van der Waals surface area contributed by atoms with Crippen LogP contribution in [0.1, 0.15) is 17.4 Å². The van der Waals surface area contributed by atoms with E-state index in [4.69, 9.17) is 9.15 Å². The van der Waals surface area contributed by atoms with Gasteiger partial charge in [-0.3, -0.25) is 4.79 Å². The number of furan rings is 1. The molecule has 1 unspecified atom stereocenters. The van der Waals surface area contributed by atoms with Gasteiger partial charge in [0.15, 0.2) is 16.9 Å². The Morgan fingerprint density at radius 2 is 2.29 bits per heavy atom. The normalized spacial score (nSPS) is 11.9. The fourth-order valence-corrected chi connectivity index (χ4v) is 2.92. The zero-order valence-electron chi connectivity index (χ0n) is 12.9. The third-order valence-corrected chi connectivity index (χ3v) is 4.29. The van der Waals surface area contributed by atoms with E-state index in [1.807, 2.05) is 11.4 Å². The largest absolute Gasteiger partial charge is 0.497 e. The molecule has 3 rings (SSSR count). The van der Waals surface area contributed by atoms with E-state index in [0.29, 0.717) is 22.8 Å². The maximum atomic E-state index is 12.1. The fraction of sp³-hybridized carbons (Fsp3) is 0.176. The summed E-state index contributed by atoms with van der Waals surface area (Å²) >= 11 is 1.43. The highest BCUT2D eigenvalue weighted by Crippen LogP contribution is 2.24. The number of benzene rings is 1. The molecular weight excluding hydrogens is 328 g/mol. The first-order valence-corrected chi connectivity index (χ1v) is 8.13. The van der Waals surface area contributed by atoms with Crippen molar-refractivity contribution in [1.29, 1.82) is 0 Å². The van der Waals surface area contributed by atoms with E-state index in [0.717, 1.165) is 5.01 Å². The minimum absolute atomic E-state index is 0.233. The molecule has 0 spiro atoms. The van der Waals surface area contributed by atoms with Gasteiger partial charge in [0, 0.05) is 5.38 Å². The predicted octanol–water partition coefficient (Wildman–Crippen LogP) is 2.76. The third kappa shape index (κ3) is 3.64. The smallest absolute Gasteiger partial charge is 0.253 e. The summed E-state index contributed by atoms with van der Waals surface area (Å²) < 4.78 is 10.4. The van der Waals surface area contributed by atoms with Gasteiger partial charge in [0.2, 0.25) is 0 Å². The number of rotatable bonds is 6. The Hall–Kier alpha value is -2.64. The first-order valence-electron chi connectivity index (χ1n) is 7.25. The maximum Gasteiger partial charge on any atom is 0.253 e. The number of carbonyl (C=O) groups excluding carboxylic acids is 1. The Morgan fingerprint density at radius 1 is 1.42 bits per heavy atom. The number of aliphatic hydroxyl groups is 1. The van der Waals surface area contributed by atoms with Gasteiger partial charge in [-0.25, -0.2) is 4.98 Å². The van der Waals surface area contributed by atoms with Gasteiger partial charge >= 0.3 is 0 Å². The molecule has 1 aromatic carbocycles. The van der Waals surface area contributed by atoms with Crippen molar-refractivity contribution < 1.29 is 19.1 Å². The zero-order valence-corrected chi connectivity index (χ0v) is 13.7. The first kappa shape index (κ1) is 16.2. The lowest BCUT2D eigenvalue weighted by atomic mass is 10.1. The SMILES string of the molecule is COc1cccc(C(O)C(=O)NCc2csc(-c3ccco3)n2)c1. The second-order valence-corrected chi connectivity index (χ2v) is 5.88. The lowest BCUT2D eigenvalue weighted by Crippen LogP contribution is -2.28. The number of hydrogen-bond donors (Lipinski definition) is 2. The lowest BCUT2D eigenvalue weighted by Gasteiger charge is -2.12. The minimum Gasteiger partial charge on any atom is -0.497 e. The van der Waals surface area contributed by atoms with Gasteiger partial charge in [-0.2, -0.15) is 0 Å². The molecule has 0 aliphatic carbocycles. The monoisotopic (exact) mass is 344 g/mol. The molecule has 2 heterocycles. The molecule has 0 fully saturated rings. The van der Waals surface area contributed by atoms with Crippen LogP contribution in [0.4, 0.5) is 0 Å². The van der Waals surface area contributed by atoms with Crippen LogP contribution in [0.15, 0.2) is 52.5 Å². The number of aliphatic hydroxyl groups excluding tert-OH is 1. The molecule has 7 heteroatoms. The molecule has 1 atom stereocenters. The summed E-state index contributed by atoms with van der Waals surface area (Å²) in [6, 6.07) is 10.4. The third-order valence-electron chi connectivity index (χ3n) is 3.39. The molecule has 0 radical (unpaired) electrons. The van der Waals surface area contributed by atoms with Crippen LogP contribution < -0.4 is 10.1 Å². The number of hydrogen-bond acceptors (Lipinski definition) is 6. The van der Waals surface area contributed by atoms with Gasteiger partial charge in [-0.15, -0.1) is 11.3 Å². The van der Waals surface area contributed by atoms with Gasteiger partial charge in [0.1, 0.15) is 5.75 Å². The standard InChI is InChI=1S/C17H16N2O4S/c1-22-13-5-2-4-11(8-13)15(20)16(21)18-9-12-10-24-17(19-12)14-6-3-7-23-14/h2-8,10,15,20H,9H2,1H3,(H,18,21). The van der Waals surface area contributed by atoms with Gasteiger partial charge in [-0.05, 0) is 29.8 Å². The van der Waals surface area contributed by atoms with E-state index in [1.165, 1.54) is 18.4 Å². The second kappa shape index (κ2) is 7.29. The fourth-order valence-electron chi connectivity index (χ4n) is 2.14. The number of nitrogens with one attached hydrogen (secondary N) is 1. The topological polar surface area (TPSA) is 84.6 Å². The highest BCUT2D eigenvalue weighted by molar-refractivity contribution is 7.13. The molecular formula is C17H16N2O4S. The molecule has 3 aromatic rings. The van der Waals surface area contributed by atoms with Gasteiger partial charge in [0.25, 0.3) is 5.91 Å². The summed E-state index contributed by atoms with van der Waals surface area (Å²) in [5.41, 5.74) is 1.18. The van der Waals surface area contributed by atoms with Gasteiger partial charge in [-0.1, -0.05) is 12.1 Å². The van der Waals surface area contributed by atoms with Crippen LogP contribution in [0.25, 0.3) is 10.8 Å². The highest BCUT2D eigenvalue weighted by atomic mass is 32.1. The Morgan fingerprint density at radius 3 is 3.04 bits per heavy atom. The van der Waals surface area contributed by atoms with Gasteiger partial charge in [0.05, 0.1) is 25.6 Å². The molecule has 6 nitrogen and oxygen atoms in total. The van der Waals surface area contributed by atoms with Crippen molar-refractivity contribution in [2.24, 2.45) is 0 Å². The van der Waals surface area contributed by atoms with Crippen molar-refractivity contribution >= 4 is 17.2 Å². The average molecular weight is 344 g/mol. The molecule has 124 valence electrons. The quantitative estimate of drug-likeness (QED) is 0.718. The molecule has 2 N–H and O–H groups in total. The Labute approximate surface area is 142 Å². The summed E-state index contributed by atoms with van der Waals surface area (Å²) in [5.74, 6) is 0.784. The number of thiazole rings is 1. The van der Waals surface area contributed by atoms with Crippen molar-refractivity contribution in [3.8, 4) is 16.5 Å². The molecule has 0 saturated heterocycles. The number of amides is 1. The number of methoxy groups -OCH3 is 1. The van der Waals surface area contributed by atoms with Crippen LogP contribution in [0, 0.1) is 0 Å². The van der Waals surface area contributed by atoms with E-state index < -0.39 is 12.0 Å². The lowest BCUT2D eigenvalue weighted by molar-refractivity contribution is -0.129. The van der Waals surface area contributed by atoms with Gasteiger partial charge < -0.3 is 19.6 Å². The van der Waals surface area contributed by atoms with Crippen LogP contribution in [0.5, 0.6) is 5.75 Å². The predicted molar refractivity (Wildman–Crippen MR) is 89.6 cm³/mol. The zero-order chi connectivity index (χ0) is 16.9. The van der Waals surface area contributed by atoms with Crippen LogP contribution in [-0.2, 0) is 11.3 Å². The summed E-state index contributed by atoms with van der Waals surface area (Å²) in [7, 11) is 1.53. The molecule has 0 aliphatic heterocycles. The molecule has 2 aromatic heterocycles. The Kier molecular flexibility index (Phi) is 4.93. The molecule has 0 saturated carbocycles. The van der Waals surface area contributed by atoms with Crippen LogP contribution in [-0.4, -0.2) is 23.1 Å². The van der Waals surface area contributed by atoms with Crippen molar-refractivity contribution in [1.82, 2.24) is 10.3 Å². The summed E-state index contributed by atoms with van der Waals surface area (Å²) in [6.07, 6.45) is 0.325. The van der Waals surface area contributed by atoms with E-state index in [-0.39, 0.29) is 6.54 Å². The van der Waals surface area contributed by atoms with E-state index in [2.05, 4.69) is 10.3 Å². The summed E-state index contributed by atoms with van der Waals surface area (Å²) in [4.78, 5) is 16.5. The van der Waals surface area contributed by atoms with Crippen LogP contribution in [0.3, 0.4) is 0 Å². The van der Waals surface area contributed by atoms with Crippen molar-refractivity contribution in [3.63, 3.8) is 0 Å². The highest BCUT2D eigenvalue weighted by Gasteiger charge is 2.18. The molecule has 24 heavy (non-hydrogen) atoms. The summed E-state index contributed by atoms with van der Waals surface area (Å²) in [5, 5.41) is 15.4. The van der Waals surface area contributed by atoms with E-state index in [1.54, 1.807) is 36.6 Å². The Balaban J connectivity index is 1.60. The van der Waals surface area contributed by atoms with Crippen LogP contribution >= 0.6 is 11.3 Å². The number of carbonyl (C=O) groups is 1. The van der Waals surface area contributed by atoms with E-state index in [9.17, 15) is 9.90 Å². The Bertz CT molecular complexity index is 814. The molecule has 0 bridgehead atoms. The number of nitrogens with zero attached hydrogens (tertiary/aromatic N) is 1. The van der Waals surface area contributed by atoms with Crippen molar-refractivity contribution in [3.05, 3.63) is 59.3 Å². The molecule has 1 amide bonds. The minimum atomic E-state index is -1.26. The molecule has 0 aliphatic rings. The average Bonchev–Trinajstić information content (AvgIpc) is 3.30. The number of aromatic nitrogens is 1. The first-order chi connectivity index (χ1) is 11.7. The second-order valence-electron chi connectivity index (χ2n) is 5.02. The van der Waals surface area contributed by atoms with E-state index >= 15 is 0 Å². The van der Waals surface area contributed by atoms with Crippen molar-refractivity contribution in [2.75, 3.05) is 7.11 Å². The van der Waals surface area contributed by atoms with Crippen LogP contribution in [0.2, 0.25) is 0 Å². The summed E-state index contributed by atoms with van der Waals surface area (Å²) in [6.45, 7) is 0.233. The number of ether oxygens (including phenoxy) is 1. The van der Waals surface area contributed by atoms with Crippen molar-refractivity contribution in [2.45, 2.75) is 12.6 Å².